The number of benzene rings is 3. The number of halogens is 1. The van der Waals surface area contributed by atoms with Crippen LogP contribution in [0.3, 0.4) is 0 Å². The van der Waals surface area contributed by atoms with E-state index in [1.165, 1.54) is 30.0 Å². The topological polar surface area (TPSA) is 114 Å². The smallest absolute Gasteiger partial charge is 0.270 e. The maximum absolute atomic E-state index is 13.3. The lowest BCUT2D eigenvalue weighted by molar-refractivity contribution is -0.384. The summed E-state index contributed by atoms with van der Waals surface area (Å²) < 4.78 is 2.01. The van der Waals surface area contributed by atoms with Gasteiger partial charge in [0.25, 0.3) is 11.6 Å². The molecule has 1 saturated heterocycles. The number of amides is 2. The Balaban J connectivity index is 1.26. The summed E-state index contributed by atoms with van der Waals surface area (Å²) in [6.45, 7) is 4.95. The van der Waals surface area contributed by atoms with Crippen molar-refractivity contribution in [3.63, 3.8) is 0 Å². The summed E-state index contributed by atoms with van der Waals surface area (Å²) in [5.41, 5.74) is 3.18. The normalized spacial score (nSPS) is 15.1. The van der Waals surface area contributed by atoms with Gasteiger partial charge in [0.15, 0.2) is 5.16 Å². The Morgan fingerprint density at radius 2 is 1.83 bits per heavy atom. The Bertz CT molecular complexity index is 1630. The molecule has 1 fully saturated rings. The number of nitrogens with zero attached hydrogens (tertiary/aromatic N) is 6. The van der Waals surface area contributed by atoms with Gasteiger partial charge in [-0.05, 0) is 43.2 Å². The Kier molecular flexibility index (Phi) is 8.89. The molecule has 0 aliphatic carbocycles. The van der Waals surface area contributed by atoms with Gasteiger partial charge in [-0.1, -0.05) is 65.8 Å². The zero-order chi connectivity index (χ0) is 29.8. The first-order chi connectivity index (χ1) is 20.2. The zero-order valence-corrected chi connectivity index (χ0v) is 24.7. The van der Waals surface area contributed by atoms with Gasteiger partial charge in [-0.25, -0.2) is 0 Å². The molecule has 1 unspecified atom stereocenters. The first-order valence-corrected chi connectivity index (χ1v) is 14.8. The molecule has 216 valence electrons. The molecule has 2 heterocycles. The Morgan fingerprint density at radius 3 is 2.52 bits per heavy atom. The van der Waals surface area contributed by atoms with E-state index in [9.17, 15) is 19.7 Å². The average molecular weight is 605 g/mol. The molecular formula is C30H29ClN6O4S. The van der Waals surface area contributed by atoms with Crippen LogP contribution >= 0.6 is 23.4 Å². The van der Waals surface area contributed by atoms with E-state index >= 15 is 0 Å². The highest BCUT2D eigenvalue weighted by Crippen LogP contribution is 2.27. The van der Waals surface area contributed by atoms with Gasteiger partial charge < -0.3 is 9.80 Å². The minimum Gasteiger partial charge on any atom is -0.338 e. The molecule has 1 aliphatic rings. The predicted molar refractivity (Wildman–Crippen MR) is 161 cm³/mol. The van der Waals surface area contributed by atoms with Crippen molar-refractivity contribution in [1.82, 2.24) is 24.6 Å². The molecule has 1 aromatic heterocycles. The van der Waals surface area contributed by atoms with Crippen molar-refractivity contribution in [1.29, 1.82) is 0 Å². The lowest BCUT2D eigenvalue weighted by Gasteiger charge is -2.40. The fraction of sp³-hybridized carbons (Fsp3) is 0.267. The van der Waals surface area contributed by atoms with Gasteiger partial charge >= 0.3 is 0 Å². The van der Waals surface area contributed by atoms with Crippen LogP contribution in [0.1, 0.15) is 34.2 Å². The minimum atomic E-state index is -0.557. The van der Waals surface area contributed by atoms with Crippen molar-refractivity contribution in [2.75, 3.05) is 25.4 Å². The van der Waals surface area contributed by atoms with Crippen molar-refractivity contribution in [3.8, 4) is 5.69 Å². The van der Waals surface area contributed by atoms with E-state index < -0.39 is 4.92 Å². The van der Waals surface area contributed by atoms with E-state index in [1.807, 2.05) is 66.9 Å². The van der Waals surface area contributed by atoms with Crippen LogP contribution in [0.4, 0.5) is 5.69 Å². The highest BCUT2D eigenvalue weighted by Gasteiger charge is 2.31. The predicted octanol–water partition coefficient (Wildman–Crippen LogP) is 5.19. The van der Waals surface area contributed by atoms with Crippen molar-refractivity contribution >= 4 is 40.9 Å². The number of nitro groups is 1. The van der Waals surface area contributed by atoms with Crippen molar-refractivity contribution in [2.45, 2.75) is 31.5 Å². The third-order valence-corrected chi connectivity index (χ3v) is 8.35. The number of aryl methyl sites for hydroxylation is 1. The number of aromatic nitrogens is 3. The summed E-state index contributed by atoms with van der Waals surface area (Å²) in [4.78, 5) is 40.3. The lowest BCUT2D eigenvalue weighted by atomic mass is 10.1. The molecule has 4 aromatic rings. The molecule has 42 heavy (non-hydrogen) atoms. The number of piperazine rings is 1. The van der Waals surface area contributed by atoms with Crippen LogP contribution in [0.25, 0.3) is 5.69 Å². The Labute approximate surface area is 252 Å². The van der Waals surface area contributed by atoms with Gasteiger partial charge in [0, 0.05) is 49.9 Å². The summed E-state index contributed by atoms with van der Waals surface area (Å²) in [7, 11) is 0. The Morgan fingerprint density at radius 1 is 1.05 bits per heavy atom. The van der Waals surface area contributed by atoms with E-state index in [1.54, 1.807) is 9.80 Å². The number of carbonyl (C=O) groups is 2. The molecule has 3 aromatic carbocycles. The summed E-state index contributed by atoms with van der Waals surface area (Å²) in [5.74, 6) is 0.577. The van der Waals surface area contributed by atoms with Crippen LogP contribution in [0.2, 0.25) is 5.02 Å². The maximum atomic E-state index is 13.3. The first kappa shape index (κ1) is 29.3. The highest BCUT2D eigenvalue weighted by molar-refractivity contribution is 7.99. The number of hydrogen-bond acceptors (Lipinski definition) is 7. The Hall–Kier alpha value is -4.22. The number of carbonyl (C=O) groups excluding carboxylic acids is 2. The summed E-state index contributed by atoms with van der Waals surface area (Å²) in [5, 5.41) is 20.6. The summed E-state index contributed by atoms with van der Waals surface area (Å²) >= 11 is 7.53. The third-order valence-electron chi connectivity index (χ3n) is 7.12. The van der Waals surface area contributed by atoms with Gasteiger partial charge in [0.1, 0.15) is 5.82 Å². The number of rotatable bonds is 8. The van der Waals surface area contributed by atoms with Gasteiger partial charge in [0.05, 0.1) is 21.3 Å². The molecular weight excluding hydrogens is 576 g/mol. The van der Waals surface area contributed by atoms with E-state index in [0.717, 1.165) is 22.6 Å². The van der Waals surface area contributed by atoms with Crippen LogP contribution in [0.5, 0.6) is 0 Å². The molecule has 0 N–H and O–H groups in total. The number of thioether (sulfide) groups is 1. The minimum absolute atomic E-state index is 0.0284. The molecule has 12 heteroatoms. The van der Waals surface area contributed by atoms with Crippen LogP contribution in [0, 0.1) is 17.0 Å². The van der Waals surface area contributed by atoms with E-state index in [-0.39, 0.29) is 39.9 Å². The molecule has 0 bridgehead atoms. The second kappa shape index (κ2) is 12.7. The average Bonchev–Trinajstić information content (AvgIpc) is 3.38. The van der Waals surface area contributed by atoms with Gasteiger partial charge in [-0.15, -0.1) is 10.2 Å². The molecule has 2 amide bonds. The lowest BCUT2D eigenvalue weighted by Crippen LogP contribution is -2.55. The molecule has 10 nitrogen and oxygen atoms in total. The monoisotopic (exact) mass is 604 g/mol. The van der Waals surface area contributed by atoms with Gasteiger partial charge in [-0.2, -0.15) is 0 Å². The maximum Gasteiger partial charge on any atom is 0.270 e. The van der Waals surface area contributed by atoms with Crippen LogP contribution in [0.15, 0.2) is 78.0 Å². The molecule has 5 rings (SSSR count). The number of non-ortho nitro benzene ring substituents is 1. The fourth-order valence-corrected chi connectivity index (χ4v) is 6.09. The van der Waals surface area contributed by atoms with Crippen LogP contribution in [-0.4, -0.2) is 72.7 Å². The van der Waals surface area contributed by atoms with Gasteiger partial charge in [0.2, 0.25) is 5.91 Å². The van der Waals surface area contributed by atoms with Crippen molar-refractivity contribution in [2.24, 2.45) is 0 Å². The van der Waals surface area contributed by atoms with Crippen LogP contribution < -0.4 is 0 Å². The molecule has 0 radical (unpaired) electrons. The van der Waals surface area contributed by atoms with Crippen LogP contribution in [-0.2, 0) is 11.2 Å². The summed E-state index contributed by atoms with van der Waals surface area (Å²) in [6.07, 6.45) is 0.600. The second-order valence-corrected chi connectivity index (χ2v) is 11.5. The SMILES string of the molecule is Cc1cccc(-n2c(Cc3ccccc3)nnc2SCC(=O)N2CCN(C(=O)c3ccc([N+](=O)[O-])cc3Cl)C(C)C2)c1. The standard InChI is InChI=1S/C30H29ClN6O4S/c1-20-7-6-10-23(15-20)36-27(16-22-8-4-3-5-9-22)32-33-30(36)42-19-28(38)34-13-14-35(21(2)18-34)29(39)25-12-11-24(37(40)41)17-26(25)31/h3-12,15,17,21H,13-14,16,18-19H2,1-2H3. The van der Waals surface area contributed by atoms with Crippen molar-refractivity contribution < 1.29 is 14.5 Å². The van der Waals surface area contributed by atoms with E-state index in [0.29, 0.717) is 31.2 Å². The number of hydrogen-bond donors (Lipinski definition) is 0. The summed E-state index contributed by atoms with van der Waals surface area (Å²) in [6, 6.07) is 21.7. The number of nitro benzene ring substituents is 1. The second-order valence-electron chi connectivity index (χ2n) is 10.1. The zero-order valence-electron chi connectivity index (χ0n) is 23.1. The molecule has 1 aliphatic heterocycles. The van der Waals surface area contributed by atoms with E-state index in [2.05, 4.69) is 16.3 Å². The fourth-order valence-electron chi connectivity index (χ4n) is 4.96. The third kappa shape index (κ3) is 6.47. The largest absolute Gasteiger partial charge is 0.338 e. The molecule has 0 spiro atoms. The highest BCUT2D eigenvalue weighted by atomic mass is 35.5. The molecule has 0 saturated carbocycles. The van der Waals surface area contributed by atoms with Gasteiger partial charge in [-0.3, -0.25) is 24.3 Å². The quantitative estimate of drug-likeness (QED) is 0.154. The van der Waals surface area contributed by atoms with Crippen molar-refractivity contribution in [3.05, 3.63) is 110 Å². The first-order valence-electron chi connectivity index (χ1n) is 13.4. The molecule has 1 atom stereocenters. The van der Waals surface area contributed by atoms with E-state index in [4.69, 9.17) is 11.6 Å².